The van der Waals surface area contributed by atoms with Gasteiger partial charge in [-0.25, -0.2) is 4.79 Å². The molecule has 0 aliphatic carbocycles. The van der Waals surface area contributed by atoms with Gasteiger partial charge in [0.2, 0.25) is 5.91 Å². The second-order valence-electron chi connectivity index (χ2n) is 5.75. The third-order valence-electron chi connectivity index (χ3n) is 4.03. The molecular weight excluding hydrogens is 342 g/mol. The normalized spacial score (nSPS) is 12.8. The number of hydrogen-bond donors (Lipinski definition) is 2. The quantitative estimate of drug-likeness (QED) is 0.490. The summed E-state index contributed by atoms with van der Waals surface area (Å²) in [5, 5.41) is 11.8. The lowest BCUT2D eigenvalue weighted by atomic mass is 9.87. The minimum Gasteiger partial charge on any atom is -0.480 e. The van der Waals surface area contributed by atoms with Gasteiger partial charge in [0.25, 0.3) is 0 Å². The zero-order valence-corrected chi connectivity index (χ0v) is 14.9. The van der Waals surface area contributed by atoms with Crippen LogP contribution in [0.25, 0.3) is 0 Å². The Balaban J connectivity index is 2.82. The number of aliphatic carboxylic acids is 1. The molecule has 0 radical (unpaired) electrons. The van der Waals surface area contributed by atoms with E-state index >= 15 is 0 Å². The Kier molecular flexibility index (Phi) is 8.27. The molecule has 1 amide bonds. The zero-order valence-electron chi connectivity index (χ0n) is 14.9. The highest BCUT2D eigenvalue weighted by Gasteiger charge is 2.41. The van der Waals surface area contributed by atoms with Gasteiger partial charge in [-0.3, -0.25) is 14.4 Å². The molecule has 2 atom stereocenters. The van der Waals surface area contributed by atoms with Crippen molar-refractivity contribution in [1.82, 2.24) is 5.32 Å². The number of aryl methyl sites for hydroxylation is 1. The summed E-state index contributed by atoms with van der Waals surface area (Å²) >= 11 is 0. The van der Waals surface area contributed by atoms with E-state index in [1.54, 1.807) is 0 Å². The smallest absolute Gasteiger partial charge is 0.326 e. The van der Waals surface area contributed by atoms with Crippen LogP contribution in [0.4, 0.5) is 0 Å². The second-order valence-corrected chi connectivity index (χ2v) is 5.75. The summed E-state index contributed by atoms with van der Waals surface area (Å²) in [4.78, 5) is 47.4. The van der Waals surface area contributed by atoms with Crippen LogP contribution in [-0.2, 0) is 35.1 Å². The van der Waals surface area contributed by atoms with Crippen molar-refractivity contribution >= 4 is 23.8 Å². The van der Waals surface area contributed by atoms with E-state index in [0.717, 1.165) is 19.8 Å². The summed E-state index contributed by atoms with van der Waals surface area (Å²) in [5.74, 6) is -6.22. The zero-order chi connectivity index (χ0) is 19.7. The van der Waals surface area contributed by atoms with Crippen LogP contribution in [0, 0.1) is 11.8 Å². The molecule has 0 aliphatic rings. The van der Waals surface area contributed by atoms with Crippen LogP contribution in [0.2, 0.25) is 0 Å². The first-order chi connectivity index (χ1) is 12.3. The van der Waals surface area contributed by atoms with Gasteiger partial charge in [0.1, 0.15) is 6.04 Å². The van der Waals surface area contributed by atoms with Crippen molar-refractivity contribution in [2.24, 2.45) is 11.8 Å². The van der Waals surface area contributed by atoms with E-state index in [4.69, 9.17) is 0 Å². The lowest BCUT2D eigenvalue weighted by Crippen LogP contribution is -2.50. The summed E-state index contributed by atoms with van der Waals surface area (Å²) in [6, 6.07) is 7.80. The molecule has 0 fully saturated rings. The lowest BCUT2D eigenvalue weighted by molar-refractivity contribution is -0.163. The van der Waals surface area contributed by atoms with Crippen LogP contribution in [0.3, 0.4) is 0 Å². The van der Waals surface area contributed by atoms with Crippen molar-refractivity contribution in [3.63, 3.8) is 0 Å². The van der Waals surface area contributed by atoms with Gasteiger partial charge < -0.3 is 19.9 Å². The first kappa shape index (κ1) is 21.1. The average molecular weight is 365 g/mol. The van der Waals surface area contributed by atoms with Crippen molar-refractivity contribution in [1.29, 1.82) is 0 Å². The second kappa shape index (κ2) is 10.2. The maximum absolute atomic E-state index is 12.1. The minimum atomic E-state index is -1.46. The fourth-order valence-corrected chi connectivity index (χ4v) is 2.54. The number of carboxylic acids is 1. The number of nitrogens with one attached hydrogen (secondary N) is 1. The lowest BCUT2D eigenvalue weighted by Gasteiger charge is -2.26. The van der Waals surface area contributed by atoms with Crippen molar-refractivity contribution in [3.8, 4) is 0 Å². The molecule has 0 unspecified atom stereocenters. The van der Waals surface area contributed by atoms with E-state index in [9.17, 15) is 24.3 Å². The standard InChI is InChI=1S/C18H23NO7/c1-11(14(17(23)25-2)18(24)26-3)15(16(21)22)19-13(20)10-9-12-7-5-4-6-8-12/h4-8,11,14-15H,9-10H2,1-3H3,(H,19,20)(H,21,22)/t11-,15+/m1/s1. The van der Waals surface area contributed by atoms with E-state index in [0.29, 0.717) is 6.42 Å². The van der Waals surface area contributed by atoms with Gasteiger partial charge in [0.15, 0.2) is 5.92 Å². The Labute approximate surface area is 151 Å². The molecule has 0 saturated heterocycles. The summed E-state index contributed by atoms with van der Waals surface area (Å²) in [7, 11) is 2.17. The predicted octanol–water partition coefficient (Wildman–Crippen LogP) is 0.787. The number of hydrogen-bond acceptors (Lipinski definition) is 6. The fourth-order valence-electron chi connectivity index (χ4n) is 2.54. The van der Waals surface area contributed by atoms with E-state index < -0.39 is 41.7 Å². The van der Waals surface area contributed by atoms with Crippen LogP contribution >= 0.6 is 0 Å². The Morgan fingerprint density at radius 2 is 1.58 bits per heavy atom. The van der Waals surface area contributed by atoms with Crippen LogP contribution in [-0.4, -0.2) is 49.2 Å². The Hall–Kier alpha value is -2.90. The first-order valence-corrected chi connectivity index (χ1v) is 8.03. The number of ether oxygens (including phenoxy) is 2. The molecule has 26 heavy (non-hydrogen) atoms. The molecule has 0 aromatic heterocycles. The minimum absolute atomic E-state index is 0.0711. The number of amides is 1. The van der Waals surface area contributed by atoms with Crippen molar-refractivity contribution in [3.05, 3.63) is 35.9 Å². The first-order valence-electron chi connectivity index (χ1n) is 8.03. The average Bonchev–Trinajstić information content (AvgIpc) is 2.64. The number of carbonyl (C=O) groups is 4. The van der Waals surface area contributed by atoms with Gasteiger partial charge in [-0.1, -0.05) is 37.3 Å². The molecule has 2 N–H and O–H groups in total. The molecule has 1 aromatic carbocycles. The topological polar surface area (TPSA) is 119 Å². The monoisotopic (exact) mass is 365 g/mol. The van der Waals surface area contributed by atoms with E-state index in [1.165, 1.54) is 6.92 Å². The predicted molar refractivity (Wildman–Crippen MR) is 91.0 cm³/mol. The molecule has 1 aromatic rings. The van der Waals surface area contributed by atoms with Gasteiger partial charge in [0, 0.05) is 12.3 Å². The number of benzene rings is 1. The maximum Gasteiger partial charge on any atom is 0.326 e. The molecule has 1 rings (SSSR count). The molecule has 142 valence electrons. The molecule has 0 saturated carbocycles. The highest BCUT2D eigenvalue weighted by atomic mass is 16.5. The Morgan fingerprint density at radius 3 is 2.04 bits per heavy atom. The number of esters is 2. The summed E-state index contributed by atoms with van der Waals surface area (Å²) < 4.78 is 9.10. The fraction of sp³-hybridized carbons (Fsp3) is 0.444. The molecule has 0 aliphatic heterocycles. The number of carboxylic acid groups (broad SMARTS) is 1. The van der Waals surface area contributed by atoms with Gasteiger partial charge in [-0.2, -0.15) is 0 Å². The van der Waals surface area contributed by atoms with Gasteiger partial charge in [-0.05, 0) is 12.0 Å². The molecule has 0 heterocycles. The van der Waals surface area contributed by atoms with Crippen molar-refractivity contribution in [2.75, 3.05) is 14.2 Å². The van der Waals surface area contributed by atoms with E-state index in [-0.39, 0.29) is 6.42 Å². The SMILES string of the molecule is COC(=O)C(C(=O)OC)[C@@H](C)[C@H](NC(=O)CCc1ccccc1)C(=O)O. The van der Waals surface area contributed by atoms with E-state index in [2.05, 4.69) is 14.8 Å². The number of methoxy groups -OCH3 is 2. The molecule has 8 nitrogen and oxygen atoms in total. The highest BCUT2D eigenvalue weighted by molar-refractivity contribution is 5.96. The van der Waals surface area contributed by atoms with Crippen LogP contribution in [0.15, 0.2) is 30.3 Å². The summed E-state index contributed by atoms with van der Waals surface area (Å²) in [6.07, 6.45) is 0.506. The largest absolute Gasteiger partial charge is 0.480 e. The van der Waals surface area contributed by atoms with Gasteiger partial charge >= 0.3 is 17.9 Å². The molecule has 0 spiro atoms. The third-order valence-corrected chi connectivity index (χ3v) is 4.03. The molecule has 8 heteroatoms. The summed E-state index contributed by atoms with van der Waals surface area (Å²) in [5.41, 5.74) is 0.935. The number of rotatable bonds is 9. The third kappa shape index (κ3) is 5.87. The summed E-state index contributed by atoms with van der Waals surface area (Å²) in [6.45, 7) is 1.37. The van der Waals surface area contributed by atoms with Crippen LogP contribution in [0.1, 0.15) is 18.9 Å². The van der Waals surface area contributed by atoms with Gasteiger partial charge in [0.05, 0.1) is 14.2 Å². The van der Waals surface area contributed by atoms with Crippen molar-refractivity contribution < 1.29 is 33.8 Å². The van der Waals surface area contributed by atoms with Crippen LogP contribution in [0.5, 0.6) is 0 Å². The van der Waals surface area contributed by atoms with Crippen LogP contribution < -0.4 is 5.32 Å². The molecular formula is C18H23NO7. The number of carbonyl (C=O) groups excluding carboxylic acids is 3. The highest BCUT2D eigenvalue weighted by Crippen LogP contribution is 2.20. The maximum atomic E-state index is 12.1. The Bertz CT molecular complexity index is 628. The van der Waals surface area contributed by atoms with Crippen molar-refractivity contribution in [2.45, 2.75) is 25.8 Å². The Morgan fingerprint density at radius 1 is 1.04 bits per heavy atom. The van der Waals surface area contributed by atoms with Gasteiger partial charge in [-0.15, -0.1) is 0 Å². The van der Waals surface area contributed by atoms with E-state index in [1.807, 2.05) is 30.3 Å². The molecule has 0 bridgehead atoms.